The van der Waals surface area contributed by atoms with Gasteiger partial charge >= 0.3 is 6.03 Å². The summed E-state index contributed by atoms with van der Waals surface area (Å²) < 4.78 is 10.7. The molecule has 4 rings (SSSR count). The molecular weight excluding hydrogens is 362 g/mol. The zero-order valence-corrected chi connectivity index (χ0v) is 16.0. The van der Waals surface area contributed by atoms with Gasteiger partial charge in [-0.3, -0.25) is 14.5 Å². The number of benzene rings is 1. The summed E-state index contributed by atoms with van der Waals surface area (Å²) in [4.78, 5) is 38.9. The van der Waals surface area contributed by atoms with Crippen LogP contribution in [-0.2, 0) is 15.1 Å². The first kappa shape index (κ1) is 18.6. The molecule has 8 heteroatoms. The Labute approximate surface area is 163 Å². The Morgan fingerprint density at radius 1 is 1.18 bits per heavy atom. The van der Waals surface area contributed by atoms with Crippen LogP contribution >= 0.6 is 0 Å². The van der Waals surface area contributed by atoms with E-state index in [1.54, 1.807) is 25.1 Å². The van der Waals surface area contributed by atoms with E-state index in [2.05, 4.69) is 10.6 Å². The van der Waals surface area contributed by atoms with E-state index in [1.165, 1.54) is 12.8 Å². The summed E-state index contributed by atoms with van der Waals surface area (Å²) in [7, 11) is 0. The van der Waals surface area contributed by atoms with Crippen LogP contribution in [0.25, 0.3) is 0 Å². The standard InChI is InChI=1S/C20H25N3O5/c1-20(13-8-9-15-16(10-13)28-12-27-15)18(25)23(19(26)22-20)11-17(24)21-14-6-4-2-3-5-7-14/h8-10,14H,2-7,11-12H2,1H3,(H,21,24)(H,22,26). The fraction of sp³-hybridized carbons (Fsp3) is 0.550. The lowest BCUT2D eigenvalue weighted by molar-refractivity contribution is -0.135. The molecule has 1 aromatic carbocycles. The fourth-order valence-electron chi connectivity index (χ4n) is 4.08. The van der Waals surface area contributed by atoms with Crippen molar-refractivity contribution in [3.63, 3.8) is 0 Å². The molecule has 28 heavy (non-hydrogen) atoms. The van der Waals surface area contributed by atoms with Gasteiger partial charge in [0.2, 0.25) is 12.7 Å². The first-order chi connectivity index (χ1) is 13.5. The molecule has 0 bridgehead atoms. The van der Waals surface area contributed by atoms with Gasteiger partial charge in [0.05, 0.1) is 0 Å². The summed E-state index contributed by atoms with van der Waals surface area (Å²) in [6.07, 6.45) is 6.45. The van der Waals surface area contributed by atoms with Crippen molar-refractivity contribution in [1.29, 1.82) is 0 Å². The van der Waals surface area contributed by atoms with Gasteiger partial charge in [-0.2, -0.15) is 0 Å². The van der Waals surface area contributed by atoms with Gasteiger partial charge in [0.15, 0.2) is 11.5 Å². The summed E-state index contributed by atoms with van der Waals surface area (Å²) >= 11 is 0. The number of ether oxygens (including phenoxy) is 2. The van der Waals surface area contributed by atoms with E-state index in [0.717, 1.165) is 30.6 Å². The third-order valence-corrected chi connectivity index (χ3v) is 5.75. The van der Waals surface area contributed by atoms with Crippen LogP contribution in [-0.4, -0.2) is 42.1 Å². The fourth-order valence-corrected chi connectivity index (χ4v) is 4.08. The van der Waals surface area contributed by atoms with Crippen molar-refractivity contribution >= 4 is 17.8 Å². The molecule has 1 saturated carbocycles. The van der Waals surface area contributed by atoms with Crippen molar-refractivity contribution in [3.05, 3.63) is 23.8 Å². The Morgan fingerprint density at radius 2 is 1.89 bits per heavy atom. The van der Waals surface area contributed by atoms with Crippen LogP contribution in [0.3, 0.4) is 0 Å². The van der Waals surface area contributed by atoms with Gasteiger partial charge in [-0.05, 0) is 37.5 Å². The van der Waals surface area contributed by atoms with E-state index < -0.39 is 17.5 Å². The normalized spacial score (nSPS) is 24.8. The van der Waals surface area contributed by atoms with Crippen LogP contribution in [0.2, 0.25) is 0 Å². The first-order valence-corrected chi connectivity index (χ1v) is 9.81. The minimum absolute atomic E-state index is 0.121. The average molecular weight is 387 g/mol. The molecule has 2 aliphatic heterocycles. The molecule has 4 amide bonds. The number of hydrogen-bond donors (Lipinski definition) is 2. The predicted octanol–water partition coefficient (Wildman–Crippen LogP) is 2.02. The molecule has 0 radical (unpaired) electrons. The minimum Gasteiger partial charge on any atom is -0.454 e. The highest BCUT2D eigenvalue weighted by Gasteiger charge is 2.50. The third-order valence-electron chi connectivity index (χ3n) is 5.75. The second-order valence-corrected chi connectivity index (χ2v) is 7.77. The Bertz CT molecular complexity index is 803. The Kier molecular flexibility index (Phi) is 4.87. The monoisotopic (exact) mass is 387 g/mol. The largest absolute Gasteiger partial charge is 0.454 e. The van der Waals surface area contributed by atoms with Crippen molar-refractivity contribution in [3.8, 4) is 11.5 Å². The zero-order chi connectivity index (χ0) is 19.7. The van der Waals surface area contributed by atoms with Crippen molar-refractivity contribution in [1.82, 2.24) is 15.5 Å². The van der Waals surface area contributed by atoms with Crippen LogP contribution < -0.4 is 20.1 Å². The van der Waals surface area contributed by atoms with E-state index in [1.807, 2.05) is 0 Å². The number of urea groups is 1. The van der Waals surface area contributed by atoms with Crippen molar-refractivity contribution in [2.75, 3.05) is 13.3 Å². The van der Waals surface area contributed by atoms with Gasteiger partial charge in [0, 0.05) is 6.04 Å². The molecule has 1 aliphatic carbocycles. The molecule has 0 spiro atoms. The summed E-state index contributed by atoms with van der Waals surface area (Å²) in [6, 6.07) is 4.68. The quantitative estimate of drug-likeness (QED) is 0.609. The number of rotatable bonds is 4. The molecule has 3 aliphatic rings. The number of nitrogens with one attached hydrogen (secondary N) is 2. The van der Waals surface area contributed by atoms with E-state index in [-0.39, 0.29) is 25.3 Å². The second kappa shape index (κ2) is 7.33. The SMILES string of the molecule is CC1(c2ccc3c(c2)OCO3)NC(=O)N(CC(=O)NC2CCCCCC2)C1=O. The van der Waals surface area contributed by atoms with Crippen LogP contribution in [0, 0.1) is 0 Å². The maximum absolute atomic E-state index is 13.0. The Hall–Kier alpha value is -2.77. The first-order valence-electron chi connectivity index (χ1n) is 9.81. The second-order valence-electron chi connectivity index (χ2n) is 7.77. The van der Waals surface area contributed by atoms with Crippen LogP contribution in [0.1, 0.15) is 51.0 Å². The van der Waals surface area contributed by atoms with Gasteiger partial charge in [-0.1, -0.05) is 31.7 Å². The highest BCUT2D eigenvalue weighted by atomic mass is 16.7. The van der Waals surface area contributed by atoms with Crippen LogP contribution in [0.5, 0.6) is 11.5 Å². The van der Waals surface area contributed by atoms with Crippen molar-refractivity contribution < 1.29 is 23.9 Å². The van der Waals surface area contributed by atoms with Gasteiger partial charge in [-0.15, -0.1) is 0 Å². The molecule has 1 aromatic rings. The number of carbonyl (C=O) groups excluding carboxylic acids is 3. The smallest absolute Gasteiger partial charge is 0.325 e. The Balaban J connectivity index is 1.45. The summed E-state index contributed by atoms with van der Waals surface area (Å²) in [5.74, 6) is 0.381. The molecule has 1 atom stereocenters. The van der Waals surface area contributed by atoms with Gasteiger partial charge in [0.25, 0.3) is 5.91 Å². The number of nitrogens with zero attached hydrogens (tertiary/aromatic N) is 1. The van der Waals surface area contributed by atoms with Gasteiger partial charge in [0.1, 0.15) is 12.1 Å². The zero-order valence-electron chi connectivity index (χ0n) is 16.0. The topological polar surface area (TPSA) is 97.0 Å². The minimum atomic E-state index is -1.25. The molecule has 150 valence electrons. The van der Waals surface area contributed by atoms with Crippen LogP contribution in [0.4, 0.5) is 4.79 Å². The molecule has 1 saturated heterocycles. The predicted molar refractivity (Wildman–Crippen MR) is 99.8 cm³/mol. The van der Waals surface area contributed by atoms with Gasteiger partial charge < -0.3 is 20.1 Å². The Morgan fingerprint density at radius 3 is 2.64 bits per heavy atom. The molecule has 2 heterocycles. The summed E-state index contributed by atoms with van der Waals surface area (Å²) in [5, 5.41) is 5.70. The highest BCUT2D eigenvalue weighted by molar-refractivity contribution is 6.09. The highest BCUT2D eigenvalue weighted by Crippen LogP contribution is 2.37. The third kappa shape index (κ3) is 3.39. The maximum Gasteiger partial charge on any atom is 0.325 e. The molecule has 2 N–H and O–H groups in total. The van der Waals surface area contributed by atoms with E-state index in [4.69, 9.17) is 9.47 Å². The van der Waals surface area contributed by atoms with E-state index in [0.29, 0.717) is 17.1 Å². The molecular formula is C20H25N3O5. The number of fused-ring (bicyclic) bond motifs is 1. The van der Waals surface area contributed by atoms with Gasteiger partial charge in [-0.25, -0.2) is 4.79 Å². The molecule has 2 fully saturated rings. The van der Waals surface area contributed by atoms with E-state index in [9.17, 15) is 14.4 Å². The average Bonchev–Trinajstić information content (AvgIpc) is 3.11. The van der Waals surface area contributed by atoms with E-state index >= 15 is 0 Å². The lowest BCUT2D eigenvalue weighted by Crippen LogP contribution is -2.45. The number of carbonyl (C=O) groups is 3. The van der Waals surface area contributed by atoms with Crippen molar-refractivity contribution in [2.45, 2.75) is 57.0 Å². The number of hydrogen-bond acceptors (Lipinski definition) is 5. The maximum atomic E-state index is 13.0. The lowest BCUT2D eigenvalue weighted by atomic mass is 9.91. The van der Waals surface area contributed by atoms with Crippen LogP contribution in [0.15, 0.2) is 18.2 Å². The number of imide groups is 1. The van der Waals surface area contributed by atoms with Crippen molar-refractivity contribution in [2.24, 2.45) is 0 Å². The molecule has 0 aromatic heterocycles. The lowest BCUT2D eigenvalue weighted by Gasteiger charge is -2.23. The summed E-state index contributed by atoms with van der Waals surface area (Å²) in [5.41, 5.74) is -0.664. The summed E-state index contributed by atoms with van der Waals surface area (Å²) in [6.45, 7) is 1.48. The molecule has 8 nitrogen and oxygen atoms in total. The molecule has 1 unspecified atom stereocenters. The number of amides is 4.